The highest BCUT2D eigenvalue weighted by molar-refractivity contribution is 7.99. The molecule has 1 fully saturated rings. The first kappa shape index (κ1) is 11.4. The average molecular weight is 201 g/mol. The SMILES string of the molecule is CC(C)CC(C)NC1CCCSC1. The molecule has 0 saturated carbocycles. The van der Waals surface area contributed by atoms with E-state index < -0.39 is 0 Å². The normalized spacial score (nSPS) is 26.3. The molecule has 1 heterocycles. The van der Waals surface area contributed by atoms with Gasteiger partial charge in [0, 0.05) is 17.8 Å². The van der Waals surface area contributed by atoms with Gasteiger partial charge in [-0.15, -0.1) is 0 Å². The number of rotatable bonds is 4. The van der Waals surface area contributed by atoms with Gasteiger partial charge in [-0.05, 0) is 37.9 Å². The second-order valence-corrected chi connectivity index (χ2v) is 5.76. The highest BCUT2D eigenvalue weighted by atomic mass is 32.2. The van der Waals surface area contributed by atoms with Gasteiger partial charge in [0.15, 0.2) is 0 Å². The molecule has 0 amide bonds. The Hall–Kier alpha value is 0.310. The molecule has 0 aromatic rings. The zero-order chi connectivity index (χ0) is 9.68. The summed E-state index contributed by atoms with van der Waals surface area (Å²) in [6.07, 6.45) is 4.09. The van der Waals surface area contributed by atoms with Crippen LogP contribution in [0.4, 0.5) is 0 Å². The van der Waals surface area contributed by atoms with E-state index in [1.54, 1.807) is 0 Å². The predicted octanol–water partition coefficient (Wildman–Crippen LogP) is 2.91. The fourth-order valence-corrected chi connectivity index (χ4v) is 3.13. The Labute approximate surface area is 87.1 Å². The third-order valence-electron chi connectivity index (χ3n) is 2.51. The number of hydrogen-bond donors (Lipinski definition) is 1. The van der Waals surface area contributed by atoms with Crippen LogP contribution >= 0.6 is 11.8 Å². The van der Waals surface area contributed by atoms with E-state index in [1.807, 2.05) is 0 Å². The van der Waals surface area contributed by atoms with Gasteiger partial charge in [0.25, 0.3) is 0 Å². The van der Waals surface area contributed by atoms with Crippen molar-refractivity contribution in [2.75, 3.05) is 11.5 Å². The van der Waals surface area contributed by atoms with Gasteiger partial charge in [0.2, 0.25) is 0 Å². The lowest BCUT2D eigenvalue weighted by atomic mass is 10.0. The minimum Gasteiger partial charge on any atom is -0.311 e. The maximum absolute atomic E-state index is 3.73. The first-order valence-electron chi connectivity index (χ1n) is 5.52. The number of thioether (sulfide) groups is 1. The van der Waals surface area contributed by atoms with E-state index in [0.717, 1.165) is 12.0 Å². The molecule has 2 atom stereocenters. The molecule has 13 heavy (non-hydrogen) atoms. The molecular weight excluding hydrogens is 178 g/mol. The van der Waals surface area contributed by atoms with Crippen LogP contribution in [0.2, 0.25) is 0 Å². The minimum absolute atomic E-state index is 0.698. The summed E-state index contributed by atoms with van der Waals surface area (Å²) < 4.78 is 0. The van der Waals surface area contributed by atoms with E-state index in [4.69, 9.17) is 0 Å². The Morgan fingerprint density at radius 2 is 2.15 bits per heavy atom. The molecule has 1 rings (SSSR count). The molecule has 1 aliphatic heterocycles. The van der Waals surface area contributed by atoms with Crippen molar-refractivity contribution < 1.29 is 0 Å². The van der Waals surface area contributed by atoms with Gasteiger partial charge < -0.3 is 5.32 Å². The summed E-state index contributed by atoms with van der Waals surface area (Å²) in [4.78, 5) is 0. The molecule has 2 unspecified atom stereocenters. The van der Waals surface area contributed by atoms with Crippen LogP contribution in [0.3, 0.4) is 0 Å². The summed E-state index contributed by atoms with van der Waals surface area (Å²) in [5, 5.41) is 3.73. The fourth-order valence-electron chi connectivity index (χ4n) is 2.05. The Morgan fingerprint density at radius 3 is 2.69 bits per heavy atom. The summed E-state index contributed by atoms with van der Waals surface area (Å²) in [6.45, 7) is 6.92. The highest BCUT2D eigenvalue weighted by Gasteiger charge is 2.15. The van der Waals surface area contributed by atoms with E-state index in [0.29, 0.717) is 6.04 Å². The number of nitrogens with one attached hydrogen (secondary N) is 1. The number of hydrogen-bond acceptors (Lipinski definition) is 2. The lowest BCUT2D eigenvalue weighted by Gasteiger charge is -2.27. The first-order chi connectivity index (χ1) is 6.18. The van der Waals surface area contributed by atoms with E-state index in [1.165, 1.54) is 30.8 Å². The predicted molar refractivity (Wildman–Crippen MR) is 62.4 cm³/mol. The molecule has 78 valence electrons. The molecule has 2 heteroatoms. The summed E-state index contributed by atoms with van der Waals surface area (Å²) >= 11 is 2.10. The van der Waals surface area contributed by atoms with Crippen molar-refractivity contribution in [1.29, 1.82) is 0 Å². The molecule has 0 aromatic carbocycles. The van der Waals surface area contributed by atoms with Crippen molar-refractivity contribution in [3.8, 4) is 0 Å². The highest BCUT2D eigenvalue weighted by Crippen LogP contribution is 2.18. The average Bonchev–Trinajstić information content (AvgIpc) is 2.04. The van der Waals surface area contributed by atoms with Crippen molar-refractivity contribution in [3.63, 3.8) is 0 Å². The lowest BCUT2D eigenvalue weighted by molar-refractivity contribution is 0.389. The molecule has 0 aliphatic carbocycles. The molecule has 0 spiro atoms. The van der Waals surface area contributed by atoms with Crippen molar-refractivity contribution in [2.45, 2.75) is 52.1 Å². The summed E-state index contributed by atoms with van der Waals surface area (Å²) in [7, 11) is 0. The lowest BCUT2D eigenvalue weighted by Crippen LogP contribution is -2.40. The monoisotopic (exact) mass is 201 g/mol. The largest absolute Gasteiger partial charge is 0.311 e. The van der Waals surface area contributed by atoms with Crippen LogP contribution in [0, 0.1) is 5.92 Å². The summed E-state index contributed by atoms with van der Waals surface area (Å²) in [5.74, 6) is 3.51. The van der Waals surface area contributed by atoms with Crippen LogP contribution in [0.5, 0.6) is 0 Å². The van der Waals surface area contributed by atoms with Gasteiger partial charge >= 0.3 is 0 Å². The zero-order valence-electron chi connectivity index (χ0n) is 9.18. The molecular formula is C11H23NS. The van der Waals surface area contributed by atoms with Crippen LogP contribution < -0.4 is 5.32 Å². The van der Waals surface area contributed by atoms with Gasteiger partial charge in [-0.1, -0.05) is 13.8 Å². The van der Waals surface area contributed by atoms with Gasteiger partial charge in [-0.2, -0.15) is 11.8 Å². The maximum atomic E-state index is 3.73. The van der Waals surface area contributed by atoms with Gasteiger partial charge in [-0.3, -0.25) is 0 Å². The van der Waals surface area contributed by atoms with Crippen molar-refractivity contribution >= 4 is 11.8 Å². The second-order valence-electron chi connectivity index (χ2n) is 4.61. The molecule has 0 bridgehead atoms. The Bertz CT molecular complexity index is 130. The molecule has 1 N–H and O–H groups in total. The maximum Gasteiger partial charge on any atom is 0.0160 e. The van der Waals surface area contributed by atoms with Gasteiger partial charge in [0.1, 0.15) is 0 Å². The topological polar surface area (TPSA) is 12.0 Å². The molecule has 0 radical (unpaired) electrons. The Morgan fingerprint density at radius 1 is 1.38 bits per heavy atom. The van der Waals surface area contributed by atoms with Crippen molar-refractivity contribution in [3.05, 3.63) is 0 Å². The molecule has 1 saturated heterocycles. The van der Waals surface area contributed by atoms with Crippen molar-refractivity contribution in [1.82, 2.24) is 5.32 Å². The van der Waals surface area contributed by atoms with Crippen LogP contribution in [0.1, 0.15) is 40.0 Å². The summed E-state index contributed by atoms with van der Waals surface area (Å²) in [6, 6.07) is 1.48. The van der Waals surface area contributed by atoms with E-state index >= 15 is 0 Å². The van der Waals surface area contributed by atoms with Crippen LogP contribution in [-0.2, 0) is 0 Å². The third kappa shape index (κ3) is 4.92. The first-order valence-corrected chi connectivity index (χ1v) is 6.67. The van der Waals surface area contributed by atoms with Crippen LogP contribution in [0.25, 0.3) is 0 Å². The van der Waals surface area contributed by atoms with Crippen molar-refractivity contribution in [2.24, 2.45) is 5.92 Å². The quantitative estimate of drug-likeness (QED) is 0.750. The fraction of sp³-hybridized carbons (Fsp3) is 1.00. The Balaban J connectivity index is 2.14. The Kier molecular flexibility index (Phi) is 5.18. The molecule has 0 aromatic heterocycles. The van der Waals surface area contributed by atoms with E-state index in [2.05, 4.69) is 37.8 Å². The summed E-state index contributed by atoms with van der Waals surface area (Å²) in [5.41, 5.74) is 0. The smallest absolute Gasteiger partial charge is 0.0160 e. The van der Waals surface area contributed by atoms with Crippen LogP contribution in [-0.4, -0.2) is 23.6 Å². The van der Waals surface area contributed by atoms with Gasteiger partial charge in [0.05, 0.1) is 0 Å². The van der Waals surface area contributed by atoms with Crippen LogP contribution in [0.15, 0.2) is 0 Å². The minimum atomic E-state index is 0.698. The molecule has 1 nitrogen and oxygen atoms in total. The molecule has 1 aliphatic rings. The van der Waals surface area contributed by atoms with E-state index in [9.17, 15) is 0 Å². The zero-order valence-corrected chi connectivity index (χ0v) is 9.99. The third-order valence-corrected chi connectivity index (χ3v) is 3.72. The van der Waals surface area contributed by atoms with Gasteiger partial charge in [-0.25, -0.2) is 0 Å². The second kappa shape index (κ2) is 5.92. The van der Waals surface area contributed by atoms with E-state index in [-0.39, 0.29) is 0 Å². The standard InChI is InChI=1S/C11H23NS/c1-9(2)7-10(3)12-11-5-4-6-13-8-11/h9-12H,4-8H2,1-3H3.